The molecular weight excluding hydrogens is 425 g/mol. The summed E-state index contributed by atoms with van der Waals surface area (Å²) in [4.78, 5) is 0. The lowest BCUT2D eigenvalue weighted by Crippen LogP contribution is -2.18. The van der Waals surface area contributed by atoms with Crippen molar-refractivity contribution in [3.63, 3.8) is 0 Å². The van der Waals surface area contributed by atoms with Gasteiger partial charge in [-0.05, 0) is 66.5 Å². The smallest absolute Gasteiger partial charge is 0.138 e. The van der Waals surface area contributed by atoms with Crippen LogP contribution in [0.3, 0.4) is 0 Å². The Hall–Kier alpha value is -0.910. The lowest BCUT2D eigenvalue weighted by atomic mass is 10.1. The first-order valence-electron chi connectivity index (χ1n) is 7.56. The minimum Gasteiger partial charge on any atom is -0.489 e. The van der Waals surface area contributed by atoms with Crippen molar-refractivity contribution < 1.29 is 9.13 Å². The van der Waals surface area contributed by atoms with Gasteiger partial charge in [0.2, 0.25) is 0 Å². The molecule has 0 bridgehead atoms. The van der Waals surface area contributed by atoms with Crippen molar-refractivity contribution in [3.8, 4) is 5.75 Å². The summed E-state index contributed by atoms with van der Waals surface area (Å²) in [5.74, 6) is 0.699. The fraction of sp³-hybridized carbons (Fsp3) is 0.333. The van der Waals surface area contributed by atoms with E-state index in [9.17, 15) is 4.39 Å². The molecule has 2 rings (SSSR count). The van der Waals surface area contributed by atoms with Crippen molar-refractivity contribution in [1.29, 1.82) is 0 Å². The molecule has 0 heterocycles. The Bertz CT molecular complexity index is 661. The van der Waals surface area contributed by atoms with Crippen LogP contribution in [-0.4, -0.2) is 12.6 Å². The number of hydrogen-bond donors (Lipinski definition) is 1. The second-order valence-corrected chi connectivity index (χ2v) is 7.33. The molecular formula is C18H20Br2FNO. The zero-order chi connectivity index (χ0) is 16.8. The topological polar surface area (TPSA) is 21.3 Å². The van der Waals surface area contributed by atoms with Crippen molar-refractivity contribution in [1.82, 2.24) is 5.32 Å². The first kappa shape index (κ1) is 18.4. The quantitative estimate of drug-likeness (QED) is 0.571. The Kier molecular flexibility index (Phi) is 7.06. The number of halogens is 3. The van der Waals surface area contributed by atoms with Gasteiger partial charge in [0.25, 0.3) is 0 Å². The van der Waals surface area contributed by atoms with Gasteiger partial charge in [-0.1, -0.05) is 34.1 Å². The van der Waals surface area contributed by atoms with E-state index in [4.69, 9.17) is 4.74 Å². The van der Waals surface area contributed by atoms with Gasteiger partial charge in [0.1, 0.15) is 11.6 Å². The van der Waals surface area contributed by atoms with Crippen LogP contribution in [0, 0.1) is 5.82 Å². The summed E-state index contributed by atoms with van der Waals surface area (Å²) in [5.41, 5.74) is 1.79. The Morgan fingerprint density at radius 2 is 1.87 bits per heavy atom. The Morgan fingerprint density at radius 1 is 1.13 bits per heavy atom. The minimum absolute atomic E-state index is 0.102. The van der Waals surface area contributed by atoms with Gasteiger partial charge in [-0.15, -0.1) is 0 Å². The third kappa shape index (κ3) is 5.59. The van der Waals surface area contributed by atoms with E-state index < -0.39 is 0 Å². The molecule has 124 valence electrons. The van der Waals surface area contributed by atoms with Crippen molar-refractivity contribution in [3.05, 3.63) is 62.3 Å². The number of rotatable bonds is 7. The van der Waals surface area contributed by atoms with E-state index in [0.29, 0.717) is 19.5 Å². The van der Waals surface area contributed by atoms with Crippen molar-refractivity contribution in [2.75, 3.05) is 6.54 Å². The normalized spacial score (nSPS) is 11.0. The van der Waals surface area contributed by atoms with Crippen LogP contribution >= 0.6 is 31.9 Å². The number of ether oxygens (including phenoxy) is 1. The second-order valence-electron chi connectivity index (χ2n) is 5.56. The van der Waals surface area contributed by atoms with E-state index in [-0.39, 0.29) is 11.9 Å². The van der Waals surface area contributed by atoms with Crippen LogP contribution in [0.25, 0.3) is 0 Å². The largest absolute Gasteiger partial charge is 0.489 e. The van der Waals surface area contributed by atoms with Gasteiger partial charge in [-0.2, -0.15) is 0 Å². The third-order valence-corrected chi connectivity index (χ3v) is 4.33. The maximum absolute atomic E-state index is 13.6. The fourth-order valence-electron chi connectivity index (χ4n) is 2.26. The summed E-state index contributed by atoms with van der Waals surface area (Å²) in [7, 11) is 0. The molecule has 0 radical (unpaired) electrons. The molecule has 0 aromatic heterocycles. The number of benzene rings is 2. The molecule has 0 fully saturated rings. The molecule has 1 N–H and O–H groups in total. The van der Waals surface area contributed by atoms with E-state index in [1.54, 1.807) is 6.07 Å². The molecule has 2 aromatic carbocycles. The minimum atomic E-state index is -0.150. The van der Waals surface area contributed by atoms with E-state index in [1.807, 2.05) is 38.1 Å². The molecule has 0 aliphatic carbocycles. The molecule has 0 amide bonds. The predicted molar refractivity (Wildman–Crippen MR) is 99.4 cm³/mol. The number of hydrogen-bond acceptors (Lipinski definition) is 2. The molecule has 2 nitrogen and oxygen atoms in total. The summed E-state index contributed by atoms with van der Waals surface area (Å²) in [6.45, 7) is 5.37. The fourth-order valence-corrected chi connectivity index (χ4v) is 3.67. The summed E-state index contributed by atoms with van der Waals surface area (Å²) in [6, 6.07) is 10.9. The van der Waals surface area contributed by atoms with Crippen LogP contribution in [0.2, 0.25) is 0 Å². The van der Waals surface area contributed by atoms with Gasteiger partial charge in [0.05, 0.1) is 10.6 Å². The van der Waals surface area contributed by atoms with Gasteiger partial charge < -0.3 is 10.1 Å². The number of nitrogens with one attached hydrogen (secondary N) is 1. The summed E-state index contributed by atoms with van der Waals surface area (Å²) < 4.78 is 21.4. The van der Waals surface area contributed by atoms with Gasteiger partial charge in [-0.25, -0.2) is 4.39 Å². The monoisotopic (exact) mass is 443 g/mol. The molecule has 2 aromatic rings. The molecule has 0 aliphatic rings. The Morgan fingerprint density at radius 3 is 2.57 bits per heavy atom. The van der Waals surface area contributed by atoms with Crippen LogP contribution in [0.5, 0.6) is 5.75 Å². The maximum atomic E-state index is 13.6. The second kappa shape index (κ2) is 8.81. The van der Waals surface area contributed by atoms with Crippen molar-refractivity contribution >= 4 is 31.9 Å². The predicted octanol–water partition coefficient (Wildman–Crippen LogP) is 5.47. The van der Waals surface area contributed by atoms with Crippen LogP contribution in [0.15, 0.2) is 45.3 Å². The van der Waals surface area contributed by atoms with Gasteiger partial charge in [-0.3, -0.25) is 0 Å². The molecule has 0 aliphatic heterocycles. The van der Waals surface area contributed by atoms with E-state index in [1.165, 1.54) is 6.07 Å². The standard InChI is InChI=1S/C18H20Br2FNO/c1-12(2)23-18-14(9-15(19)10-16(18)20)11-22-8-7-13-5-3-4-6-17(13)21/h3-6,9-10,12,22H,7-8,11H2,1-2H3. The van der Waals surface area contributed by atoms with Crippen LogP contribution < -0.4 is 10.1 Å². The van der Waals surface area contributed by atoms with Gasteiger partial charge in [0, 0.05) is 16.6 Å². The molecule has 0 spiro atoms. The van der Waals surface area contributed by atoms with Crippen LogP contribution in [0.1, 0.15) is 25.0 Å². The average molecular weight is 445 g/mol. The third-order valence-electron chi connectivity index (χ3n) is 3.28. The summed E-state index contributed by atoms with van der Waals surface area (Å²) in [6.07, 6.45) is 0.756. The molecule has 23 heavy (non-hydrogen) atoms. The van der Waals surface area contributed by atoms with Crippen LogP contribution in [0.4, 0.5) is 4.39 Å². The highest BCUT2D eigenvalue weighted by molar-refractivity contribution is 9.11. The first-order chi connectivity index (χ1) is 11.0. The summed E-state index contributed by atoms with van der Waals surface area (Å²) >= 11 is 7.05. The Balaban J connectivity index is 1.98. The highest BCUT2D eigenvalue weighted by Crippen LogP contribution is 2.33. The molecule has 0 unspecified atom stereocenters. The highest BCUT2D eigenvalue weighted by Gasteiger charge is 2.11. The zero-order valence-corrected chi connectivity index (χ0v) is 16.4. The molecule has 5 heteroatoms. The maximum Gasteiger partial charge on any atom is 0.138 e. The molecule has 0 saturated carbocycles. The van der Waals surface area contributed by atoms with Gasteiger partial charge >= 0.3 is 0 Å². The van der Waals surface area contributed by atoms with E-state index in [0.717, 1.165) is 25.8 Å². The lowest BCUT2D eigenvalue weighted by Gasteiger charge is -2.17. The SMILES string of the molecule is CC(C)Oc1c(Br)cc(Br)cc1CNCCc1ccccc1F. The zero-order valence-electron chi connectivity index (χ0n) is 13.2. The van der Waals surface area contributed by atoms with E-state index in [2.05, 4.69) is 37.2 Å². The van der Waals surface area contributed by atoms with Gasteiger partial charge in [0.15, 0.2) is 0 Å². The summed E-state index contributed by atoms with van der Waals surface area (Å²) in [5, 5.41) is 3.36. The Labute approximate surface area is 153 Å². The average Bonchev–Trinajstić information content (AvgIpc) is 2.48. The lowest BCUT2D eigenvalue weighted by molar-refractivity contribution is 0.238. The van der Waals surface area contributed by atoms with E-state index >= 15 is 0 Å². The highest BCUT2D eigenvalue weighted by atomic mass is 79.9. The molecule has 0 atom stereocenters. The van der Waals surface area contributed by atoms with Crippen LogP contribution in [-0.2, 0) is 13.0 Å². The van der Waals surface area contributed by atoms with Crippen molar-refractivity contribution in [2.24, 2.45) is 0 Å². The van der Waals surface area contributed by atoms with Crippen molar-refractivity contribution in [2.45, 2.75) is 32.9 Å². The molecule has 0 saturated heterocycles. The first-order valence-corrected chi connectivity index (χ1v) is 9.14.